The van der Waals surface area contributed by atoms with Crippen molar-refractivity contribution in [2.75, 3.05) is 44.8 Å². The summed E-state index contributed by atoms with van der Waals surface area (Å²) >= 11 is 0. The minimum atomic E-state index is -0.178. The number of ether oxygens (including phenoxy) is 1. The van der Waals surface area contributed by atoms with Crippen molar-refractivity contribution in [3.63, 3.8) is 0 Å². The van der Waals surface area contributed by atoms with Crippen LogP contribution in [0.3, 0.4) is 0 Å². The molecular weight excluding hydrogens is 368 g/mol. The van der Waals surface area contributed by atoms with Gasteiger partial charge in [-0.15, -0.1) is 0 Å². The summed E-state index contributed by atoms with van der Waals surface area (Å²) in [5.74, 6) is 1.05. The van der Waals surface area contributed by atoms with Crippen molar-refractivity contribution in [3.8, 4) is 11.3 Å². The number of imidazole rings is 1. The third-order valence-electron chi connectivity index (χ3n) is 5.25. The molecule has 2 aromatic heterocycles. The molecule has 0 spiro atoms. The smallest absolute Gasteiger partial charge is 0.266 e. The topological polar surface area (TPSA) is 79.3 Å². The molecule has 152 valence electrons. The molecule has 0 bridgehead atoms. The molecule has 1 aliphatic heterocycles. The van der Waals surface area contributed by atoms with Crippen LogP contribution in [0.2, 0.25) is 0 Å². The van der Waals surface area contributed by atoms with Crippen molar-refractivity contribution < 1.29 is 4.74 Å². The third-order valence-corrected chi connectivity index (χ3v) is 5.25. The Kier molecular flexibility index (Phi) is 6.02. The number of nitrogens with zero attached hydrogens (tertiary/aromatic N) is 5. The van der Waals surface area contributed by atoms with Gasteiger partial charge in [-0.3, -0.25) is 9.69 Å². The number of anilines is 1. The monoisotopic (exact) mass is 394 g/mol. The largest absolute Gasteiger partial charge is 0.383 e. The molecule has 0 aliphatic carbocycles. The fraction of sp³-hybridized carbons (Fsp3) is 0.381. The molecule has 4 rings (SSSR count). The first-order valence-electron chi connectivity index (χ1n) is 9.86. The number of benzene rings is 1. The van der Waals surface area contributed by atoms with Gasteiger partial charge in [-0.25, -0.2) is 10.1 Å². The number of hydrogen-bond acceptors (Lipinski definition) is 6. The number of H-pyrrole nitrogens is 1. The molecule has 8 nitrogen and oxygen atoms in total. The van der Waals surface area contributed by atoms with Crippen LogP contribution in [0.1, 0.15) is 5.82 Å². The Bertz CT molecular complexity index is 976. The highest BCUT2D eigenvalue weighted by Gasteiger charge is 2.22. The highest BCUT2D eigenvalue weighted by Crippen LogP contribution is 2.27. The maximum absolute atomic E-state index is 11.9. The SMILES string of the molecule is COCCn1ccnc1CN1CCN(c2cc(=O)[nH]nc2-c2ccccc2)CC1. The van der Waals surface area contributed by atoms with E-state index in [1.54, 1.807) is 13.2 Å². The van der Waals surface area contributed by atoms with Crippen molar-refractivity contribution in [3.05, 3.63) is 65.0 Å². The number of aromatic nitrogens is 4. The molecule has 1 N–H and O–H groups in total. The number of nitrogens with one attached hydrogen (secondary N) is 1. The van der Waals surface area contributed by atoms with Gasteiger partial charge in [0, 0.05) is 63.9 Å². The summed E-state index contributed by atoms with van der Waals surface area (Å²) in [6.45, 7) is 5.77. The zero-order chi connectivity index (χ0) is 20.1. The second-order valence-electron chi connectivity index (χ2n) is 7.12. The van der Waals surface area contributed by atoms with Gasteiger partial charge in [0.25, 0.3) is 5.56 Å². The van der Waals surface area contributed by atoms with E-state index in [1.807, 2.05) is 42.7 Å². The molecule has 1 aliphatic rings. The van der Waals surface area contributed by atoms with Gasteiger partial charge in [0.15, 0.2) is 0 Å². The lowest BCUT2D eigenvalue weighted by atomic mass is 10.1. The molecule has 0 unspecified atom stereocenters. The van der Waals surface area contributed by atoms with Crippen LogP contribution in [0.15, 0.2) is 53.6 Å². The van der Waals surface area contributed by atoms with E-state index in [-0.39, 0.29) is 5.56 Å². The zero-order valence-corrected chi connectivity index (χ0v) is 16.6. The van der Waals surface area contributed by atoms with E-state index in [1.165, 1.54) is 0 Å². The van der Waals surface area contributed by atoms with Gasteiger partial charge in [0.05, 0.1) is 18.8 Å². The Labute approximate surface area is 169 Å². The lowest BCUT2D eigenvalue weighted by Crippen LogP contribution is -2.46. The molecule has 0 atom stereocenters. The fourth-order valence-corrected chi connectivity index (χ4v) is 3.67. The molecule has 29 heavy (non-hydrogen) atoms. The Morgan fingerprint density at radius 2 is 1.93 bits per heavy atom. The highest BCUT2D eigenvalue weighted by atomic mass is 16.5. The van der Waals surface area contributed by atoms with Gasteiger partial charge in [-0.2, -0.15) is 5.10 Å². The molecule has 1 fully saturated rings. The molecule has 0 radical (unpaired) electrons. The Balaban J connectivity index is 1.45. The van der Waals surface area contributed by atoms with Crippen LogP contribution < -0.4 is 10.5 Å². The summed E-state index contributed by atoms with van der Waals surface area (Å²) in [4.78, 5) is 21.1. The van der Waals surface area contributed by atoms with Gasteiger partial charge in [0.1, 0.15) is 11.5 Å². The van der Waals surface area contributed by atoms with Crippen molar-refractivity contribution in [2.45, 2.75) is 13.1 Å². The number of rotatable bonds is 7. The van der Waals surface area contributed by atoms with Crippen LogP contribution >= 0.6 is 0 Å². The molecule has 3 aromatic rings. The van der Waals surface area contributed by atoms with Gasteiger partial charge in [0.2, 0.25) is 0 Å². The first kappa shape index (κ1) is 19.4. The summed E-state index contributed by atoms with van der Waals surface area (Å²) in [5, 5.41) is 6.90. The average Bonchev–Trinajstić information content (AvgIpc) is 3.20. The summed E-state index contributed by atoms with van der Waals surface area (Å²) in [6, 6.07) is 11.6. The highest BCUT2D eigenvalue weighted by molar-refractivity contribution is 5.74. The lowest BCUT2D eigenvalue weighted by Gasteiger charge is -2.36. The normalized spacial score (nSPS) is 15.0. The first-order chi connectivity index (χ1) is 14.2. The van der Waals surface area contributed by atoms with E-state index >= 15 is 0 Å². The van der Waals surface area contributed by atoms with Crippen LogP contribution in [0.5, 0.6) is 0 Å². The number of methoxy groups -OCH3 is 1. The van der Waals surface area contributed by atoms with Crippen LogP contribution in [-0.4, -0.2) is 64.5 Å². The van der Waals surface area contributed by atoms with Gasteiger partial charge in [-0.05, 0) is 0 Å². The predicted octanol–water partition coefficient (Wildman–Crippen LogP) is 1.60. The van der Waals surface area contributed by atoms with Crippen LogP contribution in [0, 0.1) is 0 Å². The van der Waals surface area contributed by atoms with E-state index in [2.05, 4.69) is 29.5 Å². The Hall–Kier alpha value is -2.97. The van der Waals surface area contributed by atoms with Crippen molar-refractivity contribution in [1.82, 2.24) is 24.6 Å². The van der Waals surface area contributed by atoms with E-state index in [0.29, 0.717) is 6.61 Å². The number of hydrogen-bond donors (Lipinski definition) is 1. The maximum Gasteiger partial charge on any atom is 0.266 e. The molecule has 0 amide bonds. The number of aromatic amines is 1. The minimum Gasteiger partial charge on any atom is -0.383 e. The van der Waals surface area contributed by atoms with E-state index in [0.717, 1.165) is 62.0 Å². The molecule has 1 aromatic carbocycles. The summed E-state index contributed by atoms with van der Waals surface area (Å²) < 4.78 is 7.32. The zero-order valence-electron chi connectivity index (χ0n) is 16.6. The maximum atomic E-state index is 11.9. The van der Waals surface area contributed by atoms with Crippen LogP contribution in [0.4, 0.5) is 5.69 Å². The summed E-state index contributed by atoms with van der Waals surface area (Å²) in [5.41, 5.74) is 2.53. The molecule has 1 saturated heterocycles. The Morgan fingerprint density at radius 3 is 2.69 bits per heavy atom. The average molecular weight is 394 g/mol. The quantitative estimate of drug-likeness (QED) is 0.656. The van der Waals surface area contributed by atoms with E-state index in [4.69, 9.17) is 4.74 Å². The van der Waals surface area contributed by atoms with Crippen molar-refractivity contribution in [1.29, 1.82) is 0 Å². The molecule has 8 heteroatoms. The summed E-state index contributed by atoms with van der Waals surface area (Å²) in [6.07, 6.45) is 3.84. The third kappa shape index (κ3) is 4.55. The Morgan fingerprint density at radius 1 is 1.14 bits per heavy atom. The van der Waals surface area contributed by atoms with E-state index < -0.39 is 0 Å². The van der Waals surface area contributed by atoms with Crippen LogP contribution in [0.25, 0.3) is 11.3 Å². The van der Waals surface area contributed by atoms with Crippen molar-refractivity contribution in [2.24, 2.45) is 0 Å². The van der Waals surface area contributed by atoms with Gasteiger partial charge >= 0.3 is 0 Å². The van der Waals surface area contributed by atoms with Crippen molar-refractivity contribution >= 4 is 5.69 Å². The fourth-order valence-electron chi connectivity index (χ4n) is 3.67. The second kappa shape index (κ2) is 9.02. The van der Waals surface area contributed by atoms with Crippen LogP contribution in [-0.2, 0) is 17.8 Å². The van der Waals surface area contributed by atoms with Gasteiger partial charge < -0.3 is 14.2 Å². The molecule has 3 heterocycles. The lowest BCUT2D eigenvalue weighted by molar-refractivity contribution is 0.183. The summed E-state index contributed by atoms with van der Waals surface area (Å²) in [7, 11) is 1.71. The predicted molar refractivity (Wildman–Crippen MR) is 112 cm³/mol. The van der Waals surface area contributed by atoms with Gasteiger partial charge in [-0.1, -0.05) is 30.3 Å². The van der Waals surface area contributed by atoms with E-state index in [9.17, 15) is 4.79 Å². The molecular formula is C21H26N6O2. The molecule has 0 saturated carbocycles. The standard InChI is InChI=1S/C21H26N6O2/c1-29-14-13-27-8-7-22-19(27)16-25-9-11-26(12-10-25)18-15-20(28)23-24-21(18)17-5-3-2-4-6-17/h2-8,15H,9-14,16H2,1H3,(H,23,28). The number of piperazine rings is 1. The second-order valence-corrected chi connectivity index (χ2v) is 7.12. The first-order valence-corrected chi connectivity index (χ1v) is 9.86. The minimum absolute atomic E-state index is 0.178.